The number of aliphatic imine (C=N–C) groups is 1. The summed E-state index contributed by atoms with van der Waals surface area (Å²) in [7, 11) is 0. The van der Waals surface area contributed by atoms with Crippen LogP contribution in [0.5, 0.6) is 0 Å². The first-order chi connectivity index (χ1) is 13.0. The highest BCUT2D eigenvalue weighted by Crippen LogP contribution is 2.36. The number of likely N-dealkylation sites (tertiary alicyclic amines) is 1. The molecule has 0 aromatic heterocycles. The van der Waals surface area contributed by atoms with Gasteiger partial charge < -0.3 is 10.6 Å². The maximum absolute atomic E-state index is 13.4. The van der Waals surface area contributed by atoms with E-state index in [1.165, 1.54) is 12.8 Å². The smallest absolute Gasteiger partial charge is 0.257 e. The second kappa shape index (κ2) is 8.61. The molecule has 0 aromatic rings. The van der Waals surface area contributed by atoms with Crippen molar-refractivity contribution in [1.29, 1.82) is 0 Å². The molecule has 6 heteroatoms. The lowest BCUT2D eigenvalue weighted by atomic mass is 9.86. The van der Waals surface area contributed by atoms with Gasteiger partial charge in [0.15, 0.2) is 5.96 Å². The van der Waals surface area contributed by atoms with Crippen LogP contribution >= 0.6 is 0 Å². The van der Waals surface area contributed by atoms with Crippen molar-refractivity contribution >= 4 is 17.8 Å². The minimum atomic E-state index is -0.644. The number of amides is 2. The van der Waals surface area contributed by atoms with E-state index in [1.54, 1.807) is 4.90 Å². The van der Waals surface area contributed by atoms with Gasteiger partial charge in [-0.1, -0.05) is 39.5 Å². The van der Waals surface area contributed by atoms with Crippen molar-refractivity contribution in [1.82, 2.24) is 9.80 Å². The number of nitrogens with zero attached hydrogens (tertiary/aromatic N) is 3. The summed E-state index contributed by atoms with van der Waals surface area (Å²) >= 11 is 0. The summed E-state index contributed by atoms with van der Waals surface area (Å²) in [6, 6.07) is 0.0800. The fourth-order valence-electron chi connectivity index (χ4n) is 4.46. The molecule has 2 aliphatic heterocycles. The molecule has 1 saturated heterocycles. The van der Waals surface area contributed by atoms with Crippen LogP contribution in [0.25, 0.3) is 0 Å². The average molecular weight is 377 g/mol. The number of piperidine rings is 1. The summed E-state index contributed by atoms with van der Waals surface area (Å²) in [6.07, 6.45) is 10.4. The Morgan fingerprint density at radius 3 is 2.22 bits per heavy atom. The standard InChI is InChI=1S/C21H36N4O2/c1-3-5-11-21(12-6-4-2)19(27)25(20(22)23-21)17-9-13-24(14-10-17)18(26)15-16-7-8-16/h16-17H,3-15H2,1-2H3,(H2,22,23). The summed E-state index contributed by atoms with van der Waals surface area (Å²) in [5.41, 5.74) is 5.62. The number of carbonyl (C=O) groups is 2. The Kier molecular flexibility index (Phi) is 6.43. The summed E-state index contributed by atoms with van der Waals surface area (Å²) < 4.78 is 0. The normalized spacial score (nSPS) is 23.0. The zero-order valence-corrected chi connectivity index (χ0v) is 17.1. The van der Waals surface area contributed by atoms with Crippen LogP contribution in [0.15, 0.2) is 4.99 Å². The van der Waals surface area contributed by atoms with Gasteiger partial charge in [-0.15, -0.1) is 0 Å². The monoisotopic (exact) mass is 376 g/mol. The molecule has 2 heterocycles. The van der Waals surface area contributed by atoms with Gasteiger partial charge >= 0.3 is 0 Å². The van der Waals surface area contributed by atoms with Crippen LogP contribution in [0.1, 0.15) is 84.5 Å². The van der Waals surface area contributed by atoms with Crippen molar-refractivity contribution in [2.24, 2.45) is 16.6 Å². The van der Waals surface area contributed by atoms with Crippen LogP contribution in [0.4, 0.5) is 0 Å². The van der Waals surface area contributed by atoms with E-state index in [-0.39, 0.29) is 17.9 Å². The third-order valence-corrected chi connectivity index (χ3v) is 6.42. The van der Waals surface area contributed by atoms with E-state index in [9.17, 15) is 9.59 Å². The molecule has 1 aliphatic carbocycles. The molecule has 0 spiro atoms. The Morgan fingerprint density at radius 1 is 1.11 bits per heavy atom. The highest BCUT2D eigenvalue weighted by molar-refractivity contribution is 6.07. The number of carbonyl (C=O) groups excluding carboxylic acids is 2. The third kappa shape index (κ3) is 4.46. The minimum Gasteiger partial charge on any atom is -0.369 e. The predicted octanol–water partition coefficient (Wildman–Crippen LogP) is 3.05. The molecule has 6 nitrogen and oxygen atoms in total. The molecule has 152 valence electrons. The van der Waals surface area contributed by atoms with Crippen LogP contribution in [0.2, 0.25) is 0 Å². The number of hydrogen-bond donors (Lipinski definition) is 1. The third-order valence-electron chi connectivity index (χ3n) is 6.42. The van der Waals surface area contributed by atoms with E-state index in [2.05, 4.69) is 13.8 Å². The lowest BCUT2D eigenvalue weighted by Crippen LogP contribution is -2.53. The Balaban J connectivity index is 1.62. The van der Waals surface area contributed by atoms with Crippen LogP contribution in [0, 0.1) is 5.92 Å². The summed E-state index contributed by atoms with van der Waals surface area (Å²) in [5, 5.41) is 0. The second-order valence-corrected chi connectivity index (χ2v) is 8.64. The Labute approximate surface area is 163 Å². The molecule has 0 unspecified atom stereocenters. The lowest BCUT2D eigenvalue weighted by Gasteiger charge is -2.37. The van der Waals surface area contributed by atoms with Gasteiger partial charge in [-0.3, -0.25) is 14.5 Å². The molecule has 2 fully saturated rings. The van der Waals surface area contributed by atoms with E-state index in [4.69, 9.17) is 10.7 Å². The Hall–Kier alpha value is -1.59. The summed E-state index contributed by atoms with van der Waals surface area (Å²) in [5.74, 6) is 1.40. The van der Waals surface area contributed by atoms with Gasteiger partial charge in [0.2, 0.25) is 5.91 Å². The number of hydrogen-bond acceptors (Lipinski definition) is 4. The van der Waals surface area contributed by atoms with Crippen molar-refractivity contribution < 1.29 is 9.59 Å². The molecule has 0 aromatic carbocycles. The quantitative estimate of drug-likeness (QED) is 0.672. The van der Waals surface area contributed by atoms with Crippen molar-refractivity contribution in [3.8, 4) is 0 Å². The molecule has 1 saturated carbocycles. The Bertz CT molecular complexity index is 569. The number of nitrogens with two attached hydrogens (primary N) is 1. The molecule has 2 N–H and O–H groups in total. The van der Waals surface area contributed by atoms with Gasteiger partial charge in [-0.05, 0) is 44.4 Å². The fraction of sp³-hybridized carbons (Fsp3) is 0.857. The molecule has 0 bridgehead atoms. The lowest BCUT2D eigenvalue weighted by molar-refractivity contribution is -0.136. The van der Waals surface area contributed by atoms with Crippen LogP contribution < -0.4 is 5.73 Å². The van der Waals surface area contributed by atoms with E-state index >= 15 is 0 Å². The topological polar surface area (TPSA) is 79.0 Å². The first kappa shape index (κ1) is 20.2. The zero-order chi connectivity index (χ0) is 19.4. The summed E-state index contributed by atoms with van der Waals surface area (Å²) in [6.45, 7) is 5.74. The predicted molar refractivity (Wildman–Crippen MR) is 107 cm³/mol. The molecule has 2 amide bonds. The van der Waals surface area contributed by atoms with E-state index in [1.807, 2.05) is 4.90 Å². The highest BCUT2D eigenvalue weighted by atomic mass is 16.2. The number of rotatable bonds is 9. The van der Waals surface area contributed by atoms with Gasteiger partial charge in [-0.2, -0.15) is 0 Å². The van der Waals surface area contributed by atoms with Crippen LogP contribution in [0.3, 0.4) is 0 Å². The minimum absolute atomic E-state index is 0.0800. The number of guanidine groups is 1. The van der Waals surface area contributed by atoms with E-state index in [0.717, 1.165) is 64.5 Å². The zero-order valence-electron chi connectivity index (χ0n) is 17.1. The van der Waals surface area contributed by atoms with Gasteiger partial charge in [-0.25, -0.2) is 4.99 Å². The molecule has 27 heavy (non-hydrogen) atoms. The summed E-state index contributed by atoms with van der Waals surface area (Å²) in [4.78, 5) is 34.2. The van der Waals surface area contributed by atoms with Crippen molar-refractivity contribution in [2.45, 2.75) is 96.1 Å². The van der Waals surface area contributed by atoms with Crippen molar-refractivity contribution in [2.75, 3.05) is 13.1 Å². The van der Waals surface area contributed by atoms with Gasteiger partial charge in [0, 0.05) is 25.6 Å². The molecule has 3 aliphatic rings. The molecular formula is C21H36N4O2. The number of unbranched alkanes of at least 4 members (excludes halogenated alkanes) is 2. The van der Waals surface area contributed by atoms with Crippen LogP contribution in [-0.4, -0.2) is 52.2 Å². The van der Waals surface area contributed by atoms with Crippen LogP contribution in [-0.2, 0) is 9.59 Å². The fourth-order valence-corrected chi connectivity index (χ4v) is 4.46. The maximum atomic E-state index is 13.4. The molecular weight excluding hydrogens is 340 g/mol. The van der Waals surface area contributed by atoms with E-state index < -0.39 is 5.54 Å². The molecule has 3 rings (SSSR count). The first-order valence-electron chi connectivity index (χ1n) is 11.0. The van der Waals surface area contributed by atoms with E-state index in [0.29, 0.717) is 18.3 Å². The van der Waals surface area contributed by atoms with Gasteiger partial charge in [0.25, 0.3) is 5.91 Å². The highest BCUT2D eigenvalue weighted by Gasteiger charge is 2.49. The van der Waals surface area contributed by atoms with Crippen molar-refractivity contribution in [3.05, 3.63) is 0 Å². The maximum Gasteiger partial charge on any atom is 0.257 e. The first-order valence-corrected chi connectivity index (χ1v) is 11.0. The average Bonchev–Trinajstić information content (AvgIpc) is 3.44. The SMILES string of the molecule is CCCCC1(CCCC)N=C(N)N(C2CCN(C(=O)CC3CC3)CC2)C1=O. The van der Waals surface area contributed by atoms with Gasteiger partial charge in [0.05, 0.1) is 0 Å². The molecule has 0 atom stereocenters. The second-order valence-electron chi connectivity index (χ2n) is 8.64. The van der Waals surface area contributed by atoms with Gasteiger partial charge in [0.1, 0.15) is 5.54 Å². The molecule has 0 radical (unpaired) electrons. The largest absolute Gasteiger partial charge is 0.369 e. The Morgan fingerprint density at radius 2 is 1.70 bits per heavy atom. The van der Waals surface area contributed by atoms with Crippen molar-refractivity contribution in [3.63, 3.8) is 0 Å².